The third-order valence-corrected chi connectivity index (χ3v) is 4.34. The first-order valence-corrected chi connectivity index (χ1v) is 8.10. The SMILES string of the molecule is Cc1ccc(C)c(C[NH+](C)CC(=O)Nc2cccc(C)c2C)c1. The van der Waals surface area contributed by atoms with E-state index in [4.69, 9.17) is 0 Å². The predicted molar refractivity (Wildman–Crippen MR) is 95.9 cm³/mol. The van der Waals surface area contributed by atoms with Crippen molar-refractivity contribution in [2.45, 2.75) is 34.2 Å². The molecule has 1 atom stereocenters. The zero-order valence-corrected chi connectivity index (χ0v) is 14.8. The first-order valence-electron chi connectivity index (χ1n) is 8.10. The van der Waals surface area contributed by atoms with Crippen LogP contribution in [0.4, 0.5) is 5.69 Å². The highest BCUT2D eigenvalue weighted by atomic mass is 16.2. The van der Waals surface area contributed by atoms with Crippen LogP contribution in [0.1, 0.15) is 27.8 Å². The van der Waals surface area contributed by atoms with Crippen LogP contribution in [0.25, 0.3) is 0 Å². The van der Waals surface area contributed by atoms with Crippen molar-refractivity contribution < 1.29 is 9.69 Å². The van der Waals surface area contributed by atoms with Gasteiger partial charge >= 0.3 is 0 Å². The van der Waals surface area contributed by atoms with E-state index in [9.17, 15) is 4.79 Å². The molecule has 0 radical (unpaired) electrons. The highest BCUT2D eigenvalue weighted by molar-refractivity contribution is 5.92. The molecule has 0 bridgehead atoms. The lowest BCUT2D eigenvalue weighted by molar-refractivity contribution is -0.885. The lowest BCUT2D eigenvalue weighted by atomic mass is 10.1. The van der Waals surface area contributed by atoms with Gasteiger partial charge in [0.05, 0.1) is 7.05 Å². The quantitative estimate of drug-likeness (QED) is 0.874. The van der Waals surface area contributed by atoms with Gasteiger partial charge < -0.3 is 10.2 Å². The summed E-state index contributed by atoms with van der Waals surface area (Å²) in [6, 6.07) is 12.5. The second-order valence-corrected chi connectivity index (χ2v) is 6.54. The fraction of sp³-hybridized carbons (Fsp3) is 0.350. The first kappa shape index (κ1) is 17.2. The summed E-state index contributed by atoms with van der Waals surface area (Å²) in [5, 5.41) is 3.03. The Morgan fingerprint density at radius 1 is 1.04 bits per heavy atom. The minimum Gasteiger partial charge on any atom is -0.326 e. The van der Waals surface area contributed by atoms with Crippen molar-refractivity contribution in [2.24, 2.45) is 0 Å². The topological polar surface area (TPSA) is 33.5 Å². The molecule has 23 heavy (non-hydrogen) atoms. The molecule has 0 fully saturated rings. The number of amides is 1. The number of benzene rings is 2. The Morgan fingerprint density at radius 2 is 1.78 bits per heavy atom. The number of carbonyl (C=O) groups is 1. The Bertz CT molecular complexity index is 707. The average molecular weight is 311 g/mol. The fourth-order valence-electron chi connectivity index (χ4n) is 2.73. The van der Waals surface area contributed by atoms with E-state index in [0.717, 1.165) is 17.8 Å². The summed E-state index contributed by atoms with van der Waals surface area (Å²) in [4.78, 5) is 13.5. The lowest BCUT2D eigenvalue weighted by Crippen LogP contribution is -3.08. The van der Waals surface area contributed by atoms with Gasteiger partial charge in [-0.1, -0.05) is 35.9 Å². The van der Waals surface area contributed by atoms with Crippen LogP contribution >= 0.6 is 0 Å². The number of hydrogen-bond acceptors (Lipinski definition) is 1. The summed E-state index contributed by atoms with van der Waals surface area (Å²) < 4.78 is 0. The maximum atomic E-state index is 12.3. The van der Waals surface area contributed by atoms with Gasteiger partial charge in [0.1, 0.15) is 6.54 Å². The van der Waals surface area contributed by atoms with Gasteiger partial charge in [0, 0.05) is 11.3 Å². The molecule has 0 heterocycles. The van der Waals surface area contributed by atoms with E-state index in [1.165, 1.54) is 27.2 Å². The van der Waals surface area contributed by atoms with Crippen LogP contribution in [0, 0.1) is 27.7 Å². The van der Waals surface area contributed by atoms with Crippen molar-refractivity contribution in [3.05, 3.63) is 64.2 Å². The average Bonchev–Trinajstić information content (AvgIpc) is 2.47. The minimum atomic E-state index is 0.0570. The van der Waals surface area contributed by atoms with E-state index in [2.05, 4.69) is 57.4 Å². The van der Waals surface area contributed by atoms with Crippen molar-refractivity contribution in [1.82, 2.24) is 0 Å². The molecular weight excluding hydrogens is 284 g/mol. The Labute approximate surface area is 139 Å². The number of anilines is 1. The van der Waals surface area contributed by atoms with Crippen LogP contribution < -0.4 is 10.2 Å². The van der Waals surface area contributed by atoms with Gasteiger partial charge in [-0.15, -0.1) is 0 Å². The van der Waals surface area contributed by atoms with Crippen LogP contribution in [0.5, 0.6) is 0 Å². The number of aryl methyl sites for hydroxylation is 3. The summed E-state index contributed by atoms with van der Waals surface area (Å²) in [6.45, 7) is 9.64. The summed E-state index contributed by atoms with van der Waals surface area (Å²) >= 11 is 0. The highest BCUT2D eigenvalue weighted by Gasteiger charge is 2.13. The van der Waals surface area contributed by atoms with Gasteiger partial charge in [0.2, 0.25) is 0 Å². The Kier molecular flexibility index (Phi) is 5.56. The van der Waals surface area contributed by atoms with Gasteiger partial charge in [-0.2, -0.15) is 0 Å². The van der Waals surface area contributed by atoms with Gasteiger partial charge in [-0.3, -0.25) is 4.79 Å². The third kappa shape index (κ3) is 4.67. The monoisotopic (exact) mass is 311 g/mol. The molecule has 3 nitrogen and oxygen atoms in total. The van der Waals surface area contributed by atoms with Crippen molar-refractivity contribution >= 4 is 11.6 Å². The van der Waals surface area contributed by atoms with Crippen LogP contribution in [0.15, 0.2) is 36.4 Å². The molecule has 122 valence electrons. The molecule has 2 rings (SSSR count). The fourth-order valence-corrected chi connectivity index (χ4v) is 2.73. The number of hydrogen-bond donors (Lipinski definition) is 2. The van der Waals surface area contributed by atoms with E-state index in [1.807, 2.05) is 19.1 Å². The molecular formula is C20H27N2O+. The number of likely N-dealkylation sites (N-methyl/N-ethyl adjacent to an activating group) is 1. The number of rotatable bonds is 5. The van der Waals surface area contributed by atoms with E-state index in [0.29, 0.717) is 6.54 Å². The van der Waals surface area contributed by atoms with Gasteiger partial charge in [-0.05, 0) is 50.5 Å². The predicted octanol–water partition coefficient (Wildman–Crippen LogP) is 2.57. The zero-order valence-electron chi connectivity index (χ0n) is 14.8. The molecule has 0 saturated heterocycles. The van der Waals surface area contributed by atoms with E-state index in [1.54, 1.807) is 0 Å². The summed E-state index contributed by atoms with van der Waals surface area (Å²) in [7, 11) is 2.06. The molecule has 2 N–H and O–H groups in total. The maximum Gasteiger partial charge on any atom is 0.279 e. The second kappa shape index (κ2) is 7.42. The van der Waals surface area contributed by atoms with Crippen LogP contribution in [-0.4, -0.2) is 19.5 Å². The highest BCUT2D eigenvalue weighted by Crippen LogP contribution is 2.17. The molecule has 0 aliphatic heterocycles. The largest absolute Gasteiger partial charge is 0.326 e. The van der Waals surface area contributed by atoms with Crippen LogP contribution in [0.3, 0.4) is 0 Å². The van der Waals surface area contributed by atoms with Gasteiger partial charge in [0.15, 0.2) is 6.54 Å². The van der Waals surface area contributed by atoms with E-state index >= 15 is 0 Å². The molecule has 1 amide bonds. The van der Waals surface area contributed by atoms with E-state index < -0.39 is 0 Å². The van der Waals surface area contributed by atoms with Crippen LogP contribution in [0.2, 0.25) is 0 Å². The van der Waals surface area contributed by atoms with Gasteiger partial charge in [0.25, 0.3) is 5.91 Å². The minimum absolute atomic E-state index is 0.0570. The summed E-state index contributed by atoms with van der Waals surface area (Å²) in [6.07, 6.45) is 0. The van der Waals surface area contributed by atoms with Crippen molar-refractivity contribution in [3.8, 4) is 0 Å². The Hall–Kier alpha value is -2.13. The summed E-state index contributed by atoms with van der Waals surface area (Å²) in [5.41, 5.74) is 7.09. The lowest BCUT2D eigenvalue weighted by Gasteiger charge is -2.16. The number of nitrogens with one attached hydrogen (secondary N) is 2. The normalized spacial score (nSPS) is 12.0. The smallest absolute Gasteiger partial charge is 0.279 e. The molecule has 0 aliphatic rings. The van der Waals surface area contributed by atoms with Crippen molar-refractivity contribution in [3.63, 3.8) is 0 Å². The second-order valence-electron chi connectivity index (χ2n) is 6.54. The molecule has 3 heteroatoms. The zero-order chi connectivity index (χ0) is 17.0. The third-order valence-electron chi connectivity index (χ3n) is 4.34. The Morgan fingerprint density at radius 3 is 2.52 bits per heavy atom. The van der Waals surface area contributed by atoms with Crippen molar-refractivity contribution in [2.75, 3.05) is 18.9 Å². The first-order chi connectivity index (χ1) is 10.9. The number of quaternary nitrogens is 1. The molecule has 2 aromatic rings. The van der Waals surface area contributed by atoms with E-state index in [-0.39, 0.29) is 5.91 Å². The molecule has 0 aliphatic carbocycles. The maximum absolute atomic E-state index is 12.3. The van der Waals surface area contributed by atoms with Gasteiger partial charge in [-0.25, -0.2) is 0 Å². The molecule has 0 saturated carbocycles. The number of carbonyl (C=O) groups excluding carboxylic acids is 1. The summed E-state index contributed by atoms with van der Waals surface area (Å²) in [5.74, 6) is 0.0570. The molecule has 2 aromatic carbocycles. The Balaban J connectivity index is 1.97. The molecule has 0 aromatic heterocycles. The molecule has 0 spiro atoms. The van der Waals surface area contributed by atoms with Crippen LogP contribution in [-0.2, 0) is 11.3 Å². The molecule has 1 unspecified atom stereocenters. The van der Waals surface area contributed by atoms with Crippen molar-refractivity contribution in [1.29, 1.82) is 0 Å². The standard InChI is InChI=1S/C20H26N2O/c1-14-9-10-16(3)18(11-14)12-22(5)13-20(23)21-19-8-6-7-15(2)17(19)4/h6-11H,12-13H2,1-5H3,(H,21,23)/p+1.